The Morgan fingerprint density at radius 2 is 1.81 bits per heavy atom. The second kappa shape index (κ2) is 6.90. The second-order valence-electron chi connectivity index (χ2n) is 7.60. The van der Waals surface area contributed by atoms with Crippen LogP contribution in [0.4, 0.5) is 0 Å². The fourth-order valence-corrected chi connectivity index (χ4v) is 2.88. The quantitative estimate of drug-likeness (QED) is 0.594. The molecule has 0 bridgehead atoms. The lowest BCUT2D eigenvalue weighted by Crippen LogP contribution is -2.34. The fourth-order valence-electron chi connectivity index (χ4n) is 2.88. The van der Waals surface area contributed by atoms with Gasteiger partial charge in [-0.1, -0.05) is 12.1 Å². The van der Waals surface area contributed by atoms with E-state index in [0.717, 1.165) is 0 Å². The van der Waals surface area contributed by atoms with Gasteiger partial charge in [-0.15, -0.1) is 0 Å². The third kappa shape index (κ3) is 3.61. The SMILES string of the molecule is CC(C)(C)C(=O)OCN1C=NC(CCN2C(=O)c3ccccc3C2=O)C1. The van der Waals surface area contributed by atoms with Gasteiger partial charge in [0.1, 0.15) is 0 Å². The Bertz CT molecular complexity index is 731. The van der Waals surface area contributed by atoms with E-state index in [1.807, 2.05) is 4.90 Å². The molecule has 1 aromatic carbocycles. The van der Waals surface area contributed by atoms with Crippen molar-refractivity contribution in [1.82, 2.24) is 9.80 Å². The van der Waals surface area contributed by atoms with Crippen LogP contribution in [0.25, 0.3) is 0 Å². The molecule has 0 radical (unpaired) electrons. The summed E-state index contributed by atoms with van der Waals surface area (Å²) < 4.78 is 5.27. The molecule has 26 heavy (non-hydrogen) atoms. The van der Waals surface area contributed by atoms with E-state index in [2.05, 4.69) is 4.99 Å². The van der Waals surface area contributed by atoms with Crippen molar-refractivity contribution in [2.75, 3.05) is 19.8 Å². The maximum Gasteiger partial charge on any atom is 0.312 e. The first-order valence-corrected chi connectivity index (χ1v) is 8.67. The Balaban J connectivity index is 1.48. The van der Waals surface area contributed by atoms with Gasteiger partial charge in [-0.2, -0.15) is 0 Å². The van der Waals surface area contributed by atoms with Crippen LogP contribution in [0.2, 0.25) is 0 Å². The first-order valence-electron chi connectivity index (χ1n) is 8.67. The lowest BCUT2D eigenvalue weighted by Gasteiger charge is -2.21. The largest absolute Gasteiger partial charge is 0.444 e. The molecule has 138 valence electrons. The molecule has 2 amide bonds. The average Bonchev–Trinajstić information content (AvgIpc) is 3.14. The number of rotatable bonds is 5. The molecule has 2 heterocycles. The van der Waals surface area contributed by atoms with Crippen molar-refractivity contribution in [2.24, 2.45) is 10.4 Å². The van der Waals surface area contributed by atoms with Gasteiger partial charge in [-0.05, 0) is 39.3 Å². The number of ether oxygens (including phenoxy) is 1. The topological polar surface area (TPSA) is 79.3 Å². The monoisotopic (exact) mass is 357 g/mol. The zero-order chi connectivity index (χ0) is 18.9. The number of esters is 1. The first-order chi connectivity index (χ1) is 12.3. The Morgan fingerprint density at radius 3 is 2.38 bits per heavy atom. The Hall–Kier alpha value is -2.70. The van der Waals surface area contributed by atoms with Crippen molar-refractivity contribution in [1.29, 1.82) is 0 Å². The second-order valence-corrected chi connectivity index (χ2v) is 7.60. The number of carbonyl (C=O) groups is 3. The molecular formula is C19H23N3O4. The molecule has 0 saturated heterocycles. The molecule has 0 spiro atoms. The summed E-state index contributed by atoms with van der Waals surface area (Å²) >= 11 is 0. The predicted octanol–water partition coefficient (Wildman–Crippen LogP) is 1.93. The number of imide groups is 1. The normalized spacial score (nSPS) is 19.3. The van der Waals surface area contributed by atoms with Crippen LogP contribution in [0.1, 0.15) is 47.9 Å². The molecule has 1 aromatic rings. The Morgan fingerprint density at radius 1 is 1.19 bits per heavy atom. The smallest absolute Gasteiger partial charge is 0.312 e. The average molecular weight is 357 g/mol. The molecule has 0 aliphatic carbocycles. The Kier molecular flexibility index (Phi) is 4.80. The molecule has 7 heteroatoms. The summed E-state index contributed by atoms with van der Waals surface area (Å²) in [7, 11) is 0. The molecule has 7 nitrogen and oxygen atoms in total. The van der Waals surface area contributed by atoms with Crippen molar-refractivity contribution in [3.05, 3.63) is 35.4 Å². The van der Waals surface area contributed by atoms with Crippen LogP contribution >= 0.6 is 0 Å². The third-order valence-corrected chi connectivity index (χ3v) is 4.42. The molecule has 0 aromatic heterocycles. The molecule has 1 atom stereocenters. The molecular weight excluding hydrogens is 334 g/mol. The summed E-state index contributed by atoms with van der Waals surface area (Å²) in [5.41, 5.74) is 0.383. The highest BCUT2D eigenvalue weighted by atomic mass is 16.5. The molecule has 0 fully saturated rings. The minimum atomic E-state index is -0.540. The third-order valence-electron chi connectivity index (χ3n) is 4.42. The number of fused-ring (bicyclic) bond motifs is 1. The number of hydrogen-bond acceptors (Lipinski definition) is 6. The number of carbonyl (C=O) groups excluding carboxylic acids is 3. The van der Waals surface area contributed by atoms with Gasteiger partial charge in [0.15, 0.2) is 6.73 Å². The van der Waals surface area contributed by atoms with Gasteiger partial charge in [0.05, 0.1) is 28.9 Å². The summed E-state index contributed by atoms with van der Waals surface area (Å²) in [5.74, 6) is -0.757. The standard InChI is InChI=1S/C19H23N3O4/c1-19(2,3)18(25)26-12-21-10-13(20-11-21)8-9-22-16(23)14-6-4-5-7-15(14)17(22)24/h4-7,11,13H,8-10,12H2,1-3H3. The van der Waals surface area contributed by atoms with Crippen LogP contribution in [-0.2, 0) is 9.53 Å². The Labute approximate surface area is 152 Å². The van der Waals surface area contributed by atoms with Gasteiger partial charge in [-0.25, -0.2) is 0 Å². The van der Waals surface area contributed by atoms with Crippen LogP contribution in [0.5, 0.6) is 0 Å². The van der Waals surface area contributed by atoms with Gasteiger partial charge in [0, 0.05) is 13.1 Å². The van der Waals surface area contributed by atoms with E-state index in [1.54, 1.807) is 51.4 Å². The van der Waals surface area contributed by atoms with Crippen molar-refractivity contribution in [3.63, 3.8) is 0 Å². The van der Waals surface area contributed by atoms with Crippen LogP contribution in [0, 0.1) is 5.41 Å². The zero-order valence-corrected chi connectivity index (χ0v) is 15.3. The van der Waals surface area contributed by atoms with Crippen molar-refractivity contribution >= 4 is 24.1 Å². The number of amides is 2. The number of hydrogen-bond donors (Lipinski definition) is 0. The van der Waals surface area contributed by atoms with Crippen LogP contribution < -0.4 is 0 Å². The van der Waals surface area contributed by atoms with E-state index in [1.165, 1.54) is 4.90 Å². The molecule has 3 rings (SSSR count). The van der Waals surface area contributed by atoms with E-state index in [0.29, 0.717) is 30.6 Å². The van der Waals surface area contributed by atoms with Gasteiger partial charge < -0.3 is 9.64 Å². The van der Waals surface area contributed by atoms with Gasteiger partial charge in [-0.3, -0.25) is 24.3 Å². The highest BCUT2D eigenvalue weighted by molar-refractivity contribution is 6.21. The summed E-state index contributed by atoms with van der Waals surface area (Å²) in [4.78, 5) is 44.0. The fraction of sp³-hybridized carbons (Fsp3) is 0.474. The number of aliphatic imine (C=N–C) groups is 1. The molecule has 2 aliphatic rings. The highest BCUT2D eigenvalue weighted by Gasteiger charge is 2.35. The van der Waals surface area contributed by atoms with Crippen LogP contribution in [-0.4, -0.2) is 59.8 Å². The maximum atomic E-state index is 12.3. The summed E-state index contributed by atoms with van der Waals surface area (Å²) in [6.07, 6.45) is 2.23. The van der Waals surface area contributed by atoms with Crippen LogP contribution in [0.3, 0.4) is 0 Å². The van der Waals surface area contributed by atoms with E-state index >= 15 is 0 Å². The minimum absolute atomic E-state index is 0.0346. The van der Waals surface area contributed by atoms with Gasteiger partial charge >= 0.3 is 5.97 Å². The van der Waals surface area contributed by atoms with Gasteiger partial charge in [0.25, 0.3) is 11.8 Å². The predicted molar refractivity (Wildman–Crippen MR) is 95.8 cm³/mol. The van der Waals surface area contributed by atoms with Gasteiger partial charge in [0.2, 0.25) is 0 Å². The van der Waals surface area contributed by atoms with E-state index in [9.17, 15) is 14.4 Å². The minimum Gasteiger partial charge on any atom is -0.444 e. The highest BCUT2D eigenvalue weighted by Crippen LogP contribution is 2.23. The first kappa shape index (κ1) is 18.1. The summed E-state index contributed by atoms with van der Waals surface area (Å²) in [5, 5.41) is 0. The van der Waals surface area contributed by atoms with E-state index in [4.69, 9.17) is 4.74 Å². The summed E-state index contributed by atoms with van der Waals surface area (Å²) in [6, 6.07) is 6.83. The maximum absolute atomic E-state index is 12.3. The molecule has 0 saturated carbocycles. The van der Waals surface area contributed by atoms with E-state index in [-0.39, 0.29) is 30.6 Å². The van der Waals surface area contributed by atoms with E-state index < -0.39 is 5.41 Å². The molecule has 2 aliphatic heterocycles. The lowest BCUT2D eigenvalue weighted by molar-refractivity contribution is -0.156. The van der Waals surface area contributed by atoms with Crippen molar-refractivity contribution < 1.29 is 19.1 Å². The summed E-state index contributed by atoms with van der Waals surface area (Å²) in [6.45, 7) is 6.49. The molecule has 1 unspecified atom stereocenters. The van der Waals surface area contributed by atoms with Crippen molar-refractivity contribution in [2.45, 2.75) is 33.2 Å². The van der Waals surface area contributed by atoms with Crippen LogP contribution in [0.15, 0.2) is 29.3 Å². The lowest BCUT2D eigenvalue weighted by atomic mass is 9.98. The number of nitrogens with zero attached hydrogens (tertiary/aromatic N) is 3. The number of benzene rings is 1. The van der Waals surface area contributed by atoms with Crippen molar-refractivity contribution in [3.8, 4) is 0 Å². The molecule has 0 N–H and O–H groups in total. The zero-order valence-electron chi connectivity index (χ0n) is 15.3.